The standard InChI is InChI=1S/C19H24N6/c1-24-18(7-9-23-24)19-14(3-2-10-25(19)16-4-5-16)13-22-17-6-8-21-12-15(17)11-20/h6-9,12,14,16,19H,2-5,10,13H2,1H3,(H,21,22)/t14-,19+/m0/s1. The first-order chi connectivity index (χ1) is 12.3. The van der Waals surface area contributed by atoms with Crippen molar-refractivity contribution in [1.82, 2.24) is 19.7 Å². The van der Waals surface area contributed by atoms with E-state index in [0.29, 0.717) is 17.5 Å². The lowest BCUT2D eigenvalue weighted by molar-refractivity contribution is 0.0841. The molecule has 3 heterocycles. The van der Waals surface area contributed by atoms with Crippen LogP contribution in [-0.2, 0) is 7.05 Å². The van der Waals surface area contributed by atoms with Gasteiger partial charge in [0.15, 0.2) is 0 Å². The van der Waals surface area contributed by atoms with E-state index in [0.717, 1.165) is 18.3 Å². The average Bonchev–Trinajstić information content (AvgIpc) is 3.41. The third-order valence-electron chi connectivity index (χ3n) is 5.47. The third kappa shape index (κ3) is 3.24. The molecule has 2 aliphatic rings. The predicted octanol–water partition coefficient (Wildman–Crippen LogP) is 2.71. The summed E-state index contributed by atoms with van der Waals surface area (Å²) in [5, 5.41) is 17.2. The molecule has 25 heavy (non-hydrogen) atoms. The largest absolute Gasteiger partial charge is 0.384 e. The van der Waals surface area contributed by atoms with Crippen molar-refractivity contribution in [1.29, 1.82) is 5.26 Å². The van der Waals surface area contributed by atoms with E-state index in [-0.39, 0.29) is 0 Å². The van der Waals surface area contributed by atoms with Crippen molar-refractivity contribution in [3.05, 3.63) is 42.0 Å². The van der Waals surface area contributed by atoms with Gasteiger partial charge in [-0.2, -0.15) is 10.4 Å². The quantitative estimate of drug-likeness (QED) is 0.909. The van der Waals surface area contributed by atoms with Crippen molar-refractivity contribution in [2.75, 3.05) is 18.4 Å². The molecular weight excluding hydrogens is 312 g/mol. The Hall–Kier alpha value is -2.39. The molecule has 0 unspecified atom stereocenters. The smallest absolute Gasteiger partial charge is 0.103 e. The number of nitrogens with one attached hydrogen (secondary N) is 1. The number of nitriles is 1. The second kappa shape index (κ2) is 6.85. The van der Waals surface area contributed by atoms with Crippen molar-refractivity contribution in [3.8, 4) is 6.07 Å². The van der Waals surface area contributed by atoms with Gasteiger partial charge in [-0.25, -0.2) is 0 Å². The molecule has 0 aromatic carbocycles. The van der Waals surface area contributed by atoms with Crippen LogP contribution in [-0.4, -0.2) is 38.8 Å². The van der Waals surface area contributed by atoms with Crippen LogP contribution in [0.1, 0.15) is 43.0 Å². The summed E-state index contributed by atoms with van der Waals surface area (Å²) in [6, 6.07) is 7.40. The predicted molar refractivity (Wildman–Crippen MR) is 95.8 cm³/mol. The highest BCUT2D eigenvalue weighted by Gasteiger charge is 2.41. The Balaban J connectivity index is 1.56. The molecule has 2 fully saturated rings. The molecule has 1 aliphatic carbocycles. The summed E-state index contributed by atoms with van der Waals surface area (Å²) in [7, 11) is 2.04. The van der Waals surface area contributed by atoms with Crippen LogP contribution in [0.3, 0.4) is 0 Å². The van der Waals surface area contributed by atoms with Crippen LogP contribution in [0.25, 0.3) is 0 Å². The number of likely N-dealkylation sites (tertiary alicyclic amines) is 1. The zero-order valence-corrected chi connectivity index (χ0v) is 14.6. The molecule has 6 nitrogen and oxygen atoms in total. The number of nitrogens with zero attached hydrogens (tertiary/aromatic N) is 5. The van der Waals surface area contributed by atoms with E-state index in [1.165, 1.54) is 37.9 Å². The maximum atomic E-state index is 9.27. The first-order valence-electron chi connectivity index (χ1n) is 9.09. The summed E-state index contributed by atoms with van der Waals surface area (Å²) >= 11 is 0. The zero-order valence-electron chi connectivity index (χ0n) is 14.6. The normalized spacial score (nSPS) is 24.0. The Kier molecular flexibility index (Phi) is 4.41. The van der Waals surface area contributed by atoms with Gasteiger partial charge in [-0.1, -0.05) is 0 Å². The molecule has 1 aliphatic heterocycles. The lowest BCUT2D eigenvalue weighted by atomic mass is 9.86. The van der Waals surface area contributed by atoms with Gasteiger partial charge in [0.1, 0.15) is 6.07 Å². The molecule has 2 aromatic rings. The number of pyridine rings is 1. The fraction of sp³-hybridized carbons (Fsp3) is 0.526. The van der Waals surface area contributed by atoms with Crippen LogP contribution in [0.5, 0.6) is 0 Å². The van der Waals surface area contributed by atoms with E-state index < -0.39 is 0 Å². The van der Waals surface area contributed by atoms with Crippen LogP contribution in [0.15, 0.2) is 30.7 Å². The van der Waals surface area contributed by atoms with Crippen molar-refractivity contribution in [2.45, 2.75) is 37.8 Å². The minimum atomic E-state index is 0.397. The molecule has 0 amide bonds. The summed E-state index contributed by atoms with van der Waals surface area (Å²) in [6.45, 7) is 2.04. The Labute approximate surface area is 148 Å². The van der Waals surface area contributed by atoms with Gasteiger partial charge < -0.3 is 5.32 Å². The second-order valence-corrected chi connectivity index (χ2v) is 7.11. The van der Waals surface area contributed by atoms with Crippen LogP contribution in [0, 0.1) is 17.2 Å². The Morgan fingerprint density at radius 1 is 1.28 bits per heavy atom. The highest BCUT2D eigenvalue weighted by molar-refractivity contribution is 5.55. The molecular formula is C19H24N6. The summed E-state index contributed by atoms with van der Waals surface area (Å²) < 4.78 is 2.02. The molecule has 0 radical (unpaired) electrons. The van der Waals surface area contributed by atoms with E-state index in [2.05, 4.69) is 32.4 Å². The lowest BCUT2D eigenvalue weighted by Crippen LogP contribution is -2.43. The van der Waals surface area contributed by atoms with Crippen LogP contribution >= 0.6 is 0 Å². The maximum Gasteiger partial charge on any atom is 0.103 e. The van der Waals surface area contributed by atoms with Gasteiger partial charge in [-0.05, 0) is 50.3 Å². The summed E-state index contributed by atoms with van der Waals surface area (Å²) in [4.78, 5) is 6.72. The number of aromatic nitrogens is 3. The fourth-order valence-electron chi connectivity index (χ4n) is 4.10. The van der Waals surface area contributed by atoms with E-state index in [4.69, 9.17) is 0 Å². The van der Waals surface area contributed by atoms with Gasteiger partial charge in [-0.15, -0.1) is 0 Å². The van der Waals surface area contributed by atoms with Crippen LogP contribution in [0.4, 0.5) is 5.69 Å². The Bertz CT molecular complexity index is 772. The van der Waals surface area contributed by atoms with Crippen LogP contribution < -0.4 is 5.32 Å². The summed E-state index contributed by atoms with van der Waals surface area (Å²) in [5.41, 5.74) is 2.79. The molecule has 6 heteroatoms. The molecule has 1 saturated carbocycles. The Morgan fingerprint density at radius 2 is 2.16 bits per heavy atom. The first-order valence-corrected chi connectivity index (χ1v) is 9.09. The highest BCUT2D eigenvalue weighted by Crippen LogP contribution is 2.42. The number of anilines is 1. The van der Waals surface area contributed by atoms with Gasteiger partial charge in [0.2, 0.25) is 0 Å². The lowest BCUT2D eigenvalue weighted by Gasteiger charge is -2.42. The summed E-state index contributed by atoms with van der Waals surface area (Å²) in [5.74, 6) is 0.504. The van der Waals surface area contributed by atoms with Crippen molar-refractivity contribution in [3.63, 3.8) is 0 Å². The number of hydrogen-bond acceptors (Lipinski definition) is 5. The van der Waals surface area contributed by atoms with E-state index in [9.17, 15) is 5.26 Å². The second-order valence-electron chi connectivity index (χ2n) is 7.11. The molecule has 2 aromatic heterocycles. The van der Waals surface area contributed by atoms with E-state index in [1.807, 2.05) is 24.0 Å². The maximum absolute atomic E-state index is 9.27. The number of rotatable bonds is 5. The molecule has 0 bridgehead atoms. The van der Waals surface area contributed by atoms with Gasteiger partial charge in [0.25, 0.3) is 0 Å². The molecule has 4 rings (SSSR count). The molecule has 0 spiro atoms. The van der Waals surface area contributed by atoms with Gasteiger partial charge in [0.05, 0.1) is 23.0 Å². The van der Waals surface area contributed by atoms with Crippen molar-refractivity contribution in [2.24, 2.45) is 13.0 Å². The van der Waals surface area contributed by atoms with Crippen molar-refractivity contribution >= 4 is 5.69 Å². The van der Waals surface area contributed by atoms with Crippen molar-refractivity contribution < 1.29 is 0 Å². The van der Waals surface area contributed by atoms with E-state index >= 15 is 0 Å². The van der Waals surface area contributed by atoms with Gasteiger partial charge in [0, 0.05) is 38.2 Å². The topological polar surface area (TPSA) is 69.8 Å². The molecule has 1 saturated heterocycles. The van der Waals surface area contributed by atoms with Crippen LogP contribution in [0.2, 0.25) is 0 Å². The third-order valence-corrected chi connectivity index (χ3v) is 5.47. The fourth-order valence-corrected chi connectivity index (χ4v) is 4.10. The number of piperidine rings is 1. The van der Waals surface area contributed by atoms with Gasteiger partial charge >= 0.3 is 0 Å². The van der Waals surface area contributed by atoms with Gasteiger partial charge in [-0.3, -0.25) is 14.6 Å². The first kappa shape index (κ1) is 16.1. The molecule has 1 N–H and O–H groups in total. The Morgan fingerprint density at radius 3 is 2.88 bits per heavy atom. The number of hydrogen-bond donors (Lipinski definition) is 1. The average molecular weight is 336 g/mol. The molecule has 130 valence electrons. The highest BCUT2D eigenvalue weighted by atomic mass is 15.3. The monoisotopic (exact) mass is 336 g/mol. The van der Waals surface area contributed by atoms with E-state index in [1.54, 1.807) is 12.4 Å². The summed E-state index contributed by atoms with van der Waals surface area (Å²) in [6.07, 6.45) is 10.3. The minimum Gasteiger partial charge on any atom is -0.384 e. The minimum absolute atomic E-state index is 0.397. The SMILES string of the molecule is Cn1nccc1[C@H]1[C@H](CNc2ccncc2C#N)CCCN1C1CC1. The zero-order chi connectivity index (χ0) is 17.2. The molecule has 2 atom stereocenters. The number of aryl methyl sites for hydroxylation is 1.